The summed E-state index contributed by atoms with van der Waals surface area (Å²) in [5.74, 6) is 0. The Labute approximate surface area is 320 Å². The third-order valence-corrected chi connectivity index (χ3v) is 13.3. The molecule has 0 unspecified atom stereocenters. The van der Waals surface area contributed by atoms with Gasteiger partial charge in [0.05, 0.1) is 5.41 Å². The molecule has 1 heterocycles. The molecular formula is C52H37NS. The quantitative estimate of drug-likeness (QED) is 0.172. The van der Waals surface area contributed by atoms with E-state index in [4.69, 9.17) is 0 Å². The molecule has 256 valence electrons. The third kappa shape index (κ3) is 4.32. The molecule has 0 fully saturated rings. The number of rotatable bonds is 5. The summed E-state index contributed by atoms with van der Waals surface area (Å²) in [6, 6.07) is 70.3. The minimum Gasteiger partial charge on any atom is -0.310 e. The number of fused-ring (bicyclic) bond motifs is 9. The average molecular weight is 708 g/mol. The molecule has 0 radical (unpaired) electrons. The normalized spacial score (nSPS) is 14.4. The van der Waals surface area contributed by atoms with Crippen LogP contribution < -0.4 is 4.90 Å². The topological polar surface area (TPSA) is 3.24 Å². The lowest BCUT2D eigenvalue weighted by molar-refractivity contribution is 0.660. The van der Waals surface area contributed by atoms with Crippen LogP contribution in [0.4, 0.5) is 17.1 Å². The first-order valence-electron chi connectivity index (χ1n) is 18.8. The molecule has 54 heavy (non-hydrogen) atoms. The van der Waals surface area contributed by atoms with Gasteiger partial charge in [0.1, 0.15) is 0 Å². The van der Waals surface area contributed by atoms with Crippen LogP contribution in [0.1, 0.15) is 47.2 Å². The highest BCUT2D eigenvalue weighted by atomic mass is 32.1. The predicted octanol–water partition coefficient (Wildman–Crippen LogP) is 14.2. The van der Waals surface area contributed by atoms with Crippen molar-refractivity contribution in [3.05, 3.63) is 221 Å². The number of thiophene rings is 1. The van der Waals surface area contributed by atoms with Crippen molar-refractivity contribution in [1.82, 2.24) is 0 Å². The Morgan fingerprint density at radius 2 is 0.852 bits per heavy atom. The van der Waals surface area contributed by atoms with E-state index in [0.717, 1.165) is 17.1 Å². The second kappa shape index (κ2) is 11.6. The third-order valence-electron chi connectivity index (χ3n) is 12.1. The van der Waals surface area contributed by atoms with Gasteiger partial charge in [-0.25, -0.2) is 0 Å². The summed E-state index contributed by atoms with van der Waals surface area (Å²) in [7, 11) is 0. The van der Waals surface area contributed by atoms with Crippen molar-refractivity contribution in [2.45, 2.75) is 24.7 Å². The summed E-state index contributed by atoms with van der Waals surface area (Å²) in [5, 5.41) is 2.60. The smallest absolute Gasteiger partial charge is 0.0714 e. The van der Waals surface area contributed by atoms with Crippen LogP contribution in [0.2, 0.25) is 0 Å². The second-order valence-electron chi connectivity index (χ2n) is 15.3. The van der Waals surface area contributed by atoms with E-state index in [9.17, 15) is 0 Å². The Morgan fingerprint density at radius 3 is 1.56 bits per heavy atom. The lowest BCUT2D eigenvalue weighted by Crippen LogP contribution is -2.28. The van der Waals surface area contributed by atoms with Gasteiger partial charge in [0.2, 0.25) is 0 Å². The summed E-state index contributed by atoms with van der Waals surface area (Å²) < 4.78 is 2.63. The highest BCUT2D eigenvalue weighted by Crippen LogP contribution is 2.58. The van der Waals surface area contributed by atoms with Gasteiger partial charge in [0.15, 0.2) is 0 Å². The van der Waals surface area contributed by atoms with Gasteiger partial charge in [0, 0.05) is 42.6 Å². The average Bonchev–Trinajstić information content (AvgIpc) is 3.82. The van der Waals surface area contributed by atoms with Gasteiger partial charge in [-0.05, 0) is 104 Å². The number of hydrogen-bond donors (Lipinski definition) is 0. The number of nitrogens with zero attached hydrogens (tertiary/aromatic N) is 1. The SMILES string of the molecule is CC1(C)c2ccccc2-c2ccc(N(c3ccc4c(c3)C(c3ccccc3)(c3ccccc3)c3ccccc3-4)c3ccc4sc5ccccc5c4c3)cc21. The Hall–Kier alpha value is -6.22. The van der Waals surface area contributed by atoms with Crippen LogP contribution in [0.15, 0.2) is 188 Å². The molecule has 0 spiro atoms. The Balaban J connectivity index is 1.19. The van der Waals surface area contributed by atoms with Crippen molar-refractivity contribution in [3.63, 3.8) is 0 Å². The maximum absolute atomic E-state index is 2.50. The van der Waals surface area contributed by atoms with Crippen LogP contribution >= 0.6 is 11.3 Å². The van der Waals surface area contributed by atoms with E-state index in [1.54, 1.807) is 0 Å². The van der Waals surface area contributed by atoms with E-state index in [-0.39, 0.29) is 5.41 Å². The molecular weight excluding hydrogens is 671 g/mol. The van der Waals surface area contributed by atoms with E-state index < -0.39 is 5.41 Å². The molecule has 11 rings (SSSR count). The Kier molecular flexibility index (Phi) is 6.75. The van der Waals surface area contributed by atoms with Gasteiger partial charge in [-0.2, -0.15) is 0 Å². The van der Waals surface area contributed by atoms with Crippen molar-refractivity contribution >= 4 is 48.6 Å². The molecule has 9 aromatic rings. The van der Waals surface area contributed by atoms with Gasteiger partial charge in [0.25, 0.3) is 0 Å². The summed E-state index contributed by atoms with van der Waals surface area (Å²) in [5.41, 5.74) is 16.0. The van der Waals surface area contributed by atoms with Crippen LogP contribution in [0.3, 0.4) is 0 Å². The molecule has 2 aliphatic carbocycles. The number of anilines is 3. The summed E-state index contributed by atoms with van der Waals surface area (Å²) >= 11 is 1.87. The first-order valence-corrected chi connectivity index (χ1v) is 19.7. The molecule has 8 aromatic carbocycles. The van der Waals surface area contributed by atoms with Crippen LogP contribution in [-0.2, 0) is 10.8 Å². The van der Waals surface area contributed by atoms with Crippen molar-refractivity contribution in [2.75, 3.05) is 4.90 Å². The number of hydrogen-bond acceptors (Lipinski definition) is 2. The highest BCUT2D eigenvalue weighted by molar-refractivity contribution is 7.25. The van der Waals surface area contributed by atoms with E-state index in [1.807, 2.05) is 11.3 Å². The zero-order valence-electron chi connectivity index (χ0n) is 30.3. The van der Waals surface area contributed by atoms with E-state index in [1.165, 1.54) is 75.8 Å². The van der Waals surface area contributed by atoms with Gasteiger partial charge in [-0.15, -0.1) is 11.3 Å². The molecule has 0 bridgehead atoms. The lowest BCUT2D eigenvalue weighted by atomic mass is 9.67. The van der Waals surface area contributed by atoms with E-state index in [2.05, 4.69) is 207 Å². The molecule has 1 nitrogen and oxygen atoms in total. The fourth-order valence-corrected chi connectivity index (χ4v) is 10.8. The molecule has 0 aliphatic heterocycles. The summed E-state index contributed by atoms with van der Waals surface area (Å²) in [4.78, 5) is 2.50. The number of benzene rings is 8. The predicted molar refractivity (Wildman–Crippen MR) is 229 cm³/mol. The zero-order valence-corrected chi connectivity index (χ0v) is 31.1. The van der Waals surface area contributed by atoms with E-state index >= 15 is 0 Å². The first kappa shape index (κ1) is 31.3. The van der Waals surface area contributed by atoms with Crippen molar-refractivity contribution < 1.29 is 0 Å². The largest absolute Gasteiger partial charge is 0.310 e. The van der Waals surface area contributed by atoms with Gasteiger partial charge < -0.3 is 4.90 Å². The summed E-state index contributed by atoms with van der Waals surface area (Å²) in [6.07, 6.45) is 0. The van der Waals surface area contributed by atoms with Gasteiger partial charge in [-0.1, -0.05) is 153 Å². The molecule has 2 heteroatoms. The molecule has 1 aromatic heterocycles. The van der Waals surface area contributed by atoms with Crippen molar-refractivity contribution in [1.29, 1.82) is 0 Å². The monoisotopic (exact) mass is 707 g/mol. The fraction of sp³-hybridized carbons (Fsp3) is 0.0769. The zero-order chi connectivity index (χ0) is 36.0. The Bertz CT molecular complexity index is 2880. The van der Waals surface area contributed by atoms with E-state index in [0.29, 0.717) is 0 Å². The van der Waals surface area contributed by atoms with Crippen LogP contribution in [-0.4, -0.2) is 0 Å². The molecule has 0 N–H and O–H groups in total. The van der Waals surface area contributed by atoms with Gasteiger partial charge >= 0.3 is 0 Å². The Morgan fingerprint density at radius 1 is 0.370 bits per heavy atom. The molecule has 0 amide bonds. The second-order valence-corrected chi connectivity index (χ2v) is 16.4. The highest BCUT2D eigenvalue weighted by Gasteiger charge is 2.46. The van der Waals surface area contributed by atoms with Crippen LogP contribution in [0.5, 0.6) is 0 Å². The maximum Gasteiger partial charge on any atom is 0.0714 e. The minimum atomic E-state index is -0.481. The fourth-order valence-electron chi connectivity index (χ4n) is 9.70. The standard InChI is InChI=1S/C52H37NS/c1-51(2)45-22-12-9-19-39(45)41-28-25-37(32-47(41)51)53(36-27-30-50-44(31-36)43-21-11-14-24-49(43)54-50)38-26-29-42-40-20-10-13-23-46(40)52(48(42)33-38,34-15-5-3-6-16-34)35-17-7-4-8-18-35/h3-33H,1-2H3. The molecule has 0 saturated heterocycles. The first-order chi connectivity index (χ1) is 26.5. The minimum absolute atomic E-state index is 0.115. The molecule has 0 atom stereocenters. The van der Waals surface area contributed by atoms with Crippen molar-refractivity contribution in [3.8, 4) is 22.3 Å². The molecule has 2 aliphatic rings. The van der Waals surface area contributed by atoms with Gasteiger partial charge in [-0.3, -0.25) is 0 Å². The van der Waals surface area contributed by atoms with Crippen LogP contribution in [0.25, 0.3) is 42.4 Å². The lowest BCUT2D eigenvalue weighted by Gasteiger charge is -2.35. The summed E-state index contributed by atoms with van der Waals surface area (Å²) in [6.45, 7) is 4.74. The van der Waals surface area contributed by atoms with Crippen molar-refractivity contribution in [2.24, 2.45) is 0 Å². The van der Waals surface area contributed by atoms with Crippen LogP contribution in [0, 0.1) is 0 Å². The molecule has 0 saturated carbocycles. The maximum atomic E-state index is 2.50.